The van der Waals surface area contributed by atoms with Crippen molar-refractivity contribution < 1.29 is 18.0 Å². The van der Waals surface area contributed by atoms with Crippen LogP contribution in [-0.4, -0.2) is 33.9 Å². The SMILES string of the molecule is O=C(c1cnco1)N1CCCC(c2ncc(Cc3ccc(F)cc3)o2)C1. The standard InChI is InChI=1S/C19H18FN3O3/c20-15-5-3-13(4-6-15)8-16-9-22-18(26-16)14-2-1-7-23(11-14)19(24)17-10-21-12-25-17/h3-6,9-10,12,14H,1-2,7-8,11H2. The molecule has 0 bridgehead atoms. The second-order valence-electron chi connectivity index (χ2n) is 6.42. The number of hydrogen-bond acceptors (Lipinski definition) is 5. The zero-order valence-electron chi connectivity index (χ0n) is 14.1. The first-order chi connectivity index (χ1) is 12.7. The molecule has 4 rings (SSSR count). The molecule has 1 aliphatic rings. The summed E-state index contributed by atoms with van der Waals surface area (Å²) in [7, 11) is 0. The first-order valence-corrected chi connectivity index (χ1v) is 8.56. The molecule has 0 spiro atoms. The molecule has 7 heteroatoms. The summed E-state index contributed by atoms with van der Waals surface area (Å²) in [6, 6.07) is 6.33. The number of aromatic nitrogens is 2. The van der Waals surface area contributed by atoms with Gasteiger partial charge in [-0.1, -0.05) is 12.1 Å². The number of piperidine rings is 1. The lowest BCUT2D eigenvalue weighted by Gasteiger charge is -2.30. The Hall–Kier alpha value is -2.96. The molecule has 6 nitrogen and oxygen atoms in total. The molecule has 1 atom stereocenters. The van der Waals surface area contributed by atoms with Crippen LogP contribution in [0, 0.1) is 5.82 Å². The lowest BCUT2D eigenvalue weighted by Crippen LogP contribution is -2.39. The van der Waals surface area contributed by atoms with Crippen LogP contribution in [0.5, 0.6) is 0 Å². The largest absolute Gasteiger partial charge is 0.445 e. The van der Waals surface area contributed by atoms with Crippen molar-refractivity contribution >= 4 is 5.91 Å². The molecular formula is C19H18FN3O3. The Morgan fingerprint density at radius 3 is 2.88 bits per heavy atom. The van der Waals surface area contributed by atoms with Crippen molar-refractivity contribution in [1.82, 2.24) is 14.9 Å². The van der Waals surface area contributed by atoms with E-state index in [1.54, 1.807) is 23.2 Å². The fraction of sp³-hybridized carbons (Fsp3) is 0.316. The fourth-order valence-electron chi connectivity index (χ4n) is 3.24. The van der Waals surface area contributed by atoms with Gasteiger partial charge in [-0.3, -0.25) is 4.79 Å². The van der Waals surface area contributed by atoms with Crippen molar-refractivity contribution in [1.29, 1.82) is 0 Å². The number of benzene rings is 1. The Balaban J connectivity index is 1.43. The minimum Gasteiger partial charge on any atom is -0.445 e. The summed E-state index contributed by atoms with van der Waals surface area (Å²) in [6.07, 6.45) is 6.73. The van der Waals surface area contributed by atoms with Crippen molar-refractivity contribution in [3.63, 3.8) is 0 Å². The highest BCUT2D eigenvalue weighted by Crippen LogP contribution is 2.28. The van der Waals surface area contributed by atoms with Gasteiger partial charge in [0, 0.05) is 19.5 Å². The zero-order chi connectivity index (χ0) is 17.9. The van der Waals surface area contributed by atoms with Crippen LogP contribution in [0.3, 0.4) is 0 Å². The number of carbonyl (C=O) groups excluding carboxylic acids is 1. The predicted molar refractivity (Wildman–Crippen MR) is 90.1 cm³/mol. The number of halogens is 1. The first kappa shape index (κ1) is 16.5. The van der Waals surface area contributed by atoms with Gasteiger partial charge < -0.3 is 13.7 Å². The van der Waals surface area contributed by atoms with Crippen LogP contribution in [-0.2, 0) is 6.42 Å². The van der Waals surface area contributed by atoms with Crippen molar-refractivity contribution in [2.24, 2.45) is 0 Å². The molecule has 0 radical (unpaired) electrons. The Bertz CT molecular complexity index is 874. The Kier molecular flexibility index (Phi) is 4.51. The lowest BCUT2D eigenvalue weighted by molar-refractivity contribution is 0.0666. The molecule has 3 heterocycles. The van der Waals surface area contributed by atoms with Crippen LogP contribution in [0.2, 0.25) is 0 Å². The number of amides is 1. The number of oxazole rings is 2. The molecule has 1 saturated heterocycles. The average Bonchev–Trinajstić information content (AvgIpc) is 3.35. The Labute approximate surface area is 149 Å². The highest BCUT2D eigenvalue weighted by molar-refractivity contribution is 5.91. The maximum atomic E-state index is 13.0. The van der Waals surface area contributed by atoms with Crippen LogP contribution < -0.4 is 0 Å². The van der Waals surface area contributed by atoms with E-state index in [0.717, 1.165) is 24.2 Å². The highest BCUT2D eigenvalue weighted by atomic mass is 19.1. The maximum absolute atomic E-state index is 13.0. The third kappa shape index (κ3) is 3.51. The zero-order valence-corrected chi connectivity index (χ0v) is 14.1. The average molecular weight is 355 g/mol. The molecule has 2 aromatic heterocycles. The summed E-state index contributed by atoms with van der Waals surface area (Å²) in [5.41, 5.74) is 0.958. The molecule has 1 amide bonds. The molecule has 134 valence electrons. The molecule has 1 unspecified atom stereocenters. The lowest BCUT2D eigenvalue weighted by atomic mass is 9.98. The number of rotatable bonds is 4. The first-order valence-electron chi connectivity index (χ1n) is 8.56. The second-order valence-corrected chi connectivity index (χ2v) is 6.42. The molecule has 1 aromatic carbocycles. The van der Waals surface area contributed by atoms with Gasteiger partial charge in [-0.2, -0.15) is 0 Å². The second kappa shape index (κ2) is 7.11. The predicted octanol–water partition coefficient (Wildman–Crippen LogP) is 3.41. The van der Waals surface area contributed by atoms with Gasteiger partial charge in [0.25, 0.3) is 5.91 Å². The number of likely N-dealkylation sites (tertiary alicyclic amines) is 1. The monoisotopic (exact) mass is 355 g/mol. The van der Waals surface area contributed by atoms with Gasteiger partial charge in [0.2, 0.25) is 5.76 Å². The molecule has 0 aliphatic carbocycles. The maximum Gasteiger partial charge on any atom is 0.291 e. The van der Waals surface area contributed by atoms with E-state index in [0.29, 0.717) is 25.4 Å². The summed E-state index contributed by atoms with van der Waals surface area (Å²) in [5.74, 6) is 1.24. The summed E-state index contributed by atoms with van der Waals surface area (Å²) < 4.78 is 24.0. The molecule has 3 aromatic rings. The van der Waals surface area contributed by atoms with E-state index in [9.17, 15) is 9.18 Å². The van der Waals surface area contributed by atoms with Crippen LogP contribution in [0.1, 0.15) is 46.5 Å². The van der Waals surface area contributed by atoms with Crippen molar-refractivity contribution in [2.75, 3.05) is 13.1 Å². The van der Waals surface area contributed by atoms with Crippen molar-refractivity contribution in [2.45, 2.75) is 25.2 Å². The third-order valence-corrected chi connectivity index (χ3v) is 4.56. The topological polar surface area (TPSA) is 72.4 Å². The summed E-state index contributed by atoms with van der Waals surface area (Å²) in [5, 5.41) is 0. The van der Waals surface area contributed by atoms with Crippen molar-refractivity contribution in [3.05, 3.63) is 71.8 Å². The van der Waals surface area contributed by atoms with Crippen LogP contribution in [0.15, 0.2) is 51.9 Å². The van der Waals surface area contributed by atoms with E-state index in [2.05, 4.69) is 9.97 Å². The minimum absolute atomic E-state index is 0.0533. The van der Waals surface area contributed by atoms with E-state index in [1.807, 2.05) is 0 Å². The molecule has 0 saturated carbocycles. The molecular weight excluding hydrogens is 337 g/mol. The van der Waals surface area contributed by atoms with Gasteiger partial charge in [0.15, 0.2) is 12.3 Å². The minimum atomic E-state index is -0.259. The third-order valence-electron chi connectivity index (χ3n) is 4.56. The van der Waals surface area contributed by atoms with Crippen LogP contribution >= 0.6 is 0 Å². The summed E-state index contributed by atoms with van der Waals surface area (Å²) in [6.45, 7) is 1.22. The van der Waals surface area contributed by atoms with E-state index in [4.69, 9.17) is 8.83 Å². The van der Waals surface area contributed by atoms with Gasteiger partial charge >= 0.3 is 0 Å². The van der Waals surface area contributed by atoms with Gasteiger partial charge in [-0.15, -0.1) is 0 Å². The smallest absolute Gasteiger partial charge is 0.291 e. The van der Waals surface area contributed by atoms with Crippen molar-refractivity contribution in [3.8, 4) is 0 Å². The molecule has 0 N–H and O–H groups in total. The summed E-state index contributed by atoms with van der Waals surface area (Å²) >= 11 is 0. The van der Waals surface area contributed by atoms with Crippen LogP contribution in [0.4, 0.5) is 4.39 Å². The highest BCUT2D eigenvalue weighted by Gasteiger charge is 2.29. The van der Waals surface area contributed by atoms with Gasteiger partial charge in [-0.05, 0) is 30.5 Å². The van der Waals surface area contributed by atoms with Gasteiger partial charge in [0.1, 0.15) is 11.6 Å². The van der Waals surface area contributed by atoms with Gasteiger partial charge in [-0.25, -0.2) is 14.4 Å². The summed E-state index contributed by atoms with van der Waals surface area (Å²) in [4.78, 5) is 22.4. The normalized spacial score (nSPS) is 17.4. The van der Waals surface area contributed by atoms with Gasteiger partial charge in [0.05, 0.1) is 18.3 Å². The number of carbonyl (C=O) groups is 1. The quantitative estimate of drug-likeness (QED) is 0.717. The number of hydrogen-bond donors (Lipinski definition) is 0. The van der Waals surface area contributed by atoms with E-state index in [1.165, 1.54) is 24.7 Å². The molecule has 1 fully saturated rings. The van der Waals surface area contributed by atoms with Crippen LogP contribution in [0.25, 0.3) is 0 Å². The molecule has 26 heavy (non-hydrogen) atoms. The van der Waals surface area contributed by atoms with E-state index < -0.39 is 0 Å². The Morgan fingerprint density at radius 2 is 2.12 bits per heavy atom. The van der Waals surface area contributed by atoms with E-state index in [-0.39, 0.29) is 23.4 Å². The number of nitrogens with zero attached hydrogens (tertiary/aromatic N) is 3. The van der Waals surface area contributed by atoms with E-state index >= 15 is 0 Å². The Morgan fingerprint density at radius 1 is 1.27 bits per heavy atom. The fourth-order valence-corrected chi connectivity index (χ4v) is 3.24. The molecule has 1 aliphatic heterocycles.